The highest BCUT2D eigenvalue weighted by molar-refractivity contribution is 6.13. The number of fused-ring (bicyclic) bond motifs is 6. The molecular formula is C24H29NO6. The van der Waals surface area contributed by atoms with E-state index < -0.39 is 6.10 Å². The van der Waals surface area contributed by atoms with E-state index >= 15 is 0 Å². The highest BCUT2D eigenvalue weighted by atomic mass is 16.5. The van der Waals surface area contributed by atoms with Crippen molar-refractivity contribution >= 4 is 21.5 Å². The monoisotopic (exact) mass is 427 g/mol. The zero-order valence-corrected chi connectivity index (χ0v) is 18.4. The Morgan fingerprint density at radius 1 is 0.806 bits per heavy atom. The molecule has 0 spiro atoms. The number of nitrogens with zero attached hydrogens (tertiary/aromatic N) is 1. The smallest absolute Gasteiger partial charge is 0.161 e. The van der Waals surface area contributed by atoms with Gasteiger partial charge in [0.05, 0.1) is 34.5 Å². The van der Waals surface area contributed by atoms with Gasteiger partial charge in [0.15, 0.2) is 23.0 Å². The second kappa shape index (κ2) is 8.78. The normalized spacial score (nSPS) is 16.4. The van der Waals surface area contributed by atoms with Crippen LogP contribution in [0.5, 0.6) is 23.0 Å². The summed E-state index contributed by atoms with van der Waals surface area (Å²) in [7, 11) is 6.46. The van der Waals surface area contributed by atoms with E-state index in [1.54, 1.807) is 28.4 Å². The number of hydrogen-bond donors (Lipinski definition) is 2. The minimum absolute atomic E-state index is 0.125. The molecule has 1 heterocycles. The van der Waals surface area contributed by atoms with Crippen LogP contribution in [-0.4, -0.2) is 63.2 Å². The quantitative estimate of drug-likeness (QED) is 0.560. The van der Waals surface area contributed by atoms with Crippen LogP contribution >= 0.6 is 0 Å². The molecule has 3 aromatic carbocycles. The predicted octanol–water partition coefficient (Wildman–Crippen LogP) is 3.26. The third-order valence-electron chi connectivity index (χ3n) is 6.06. The van der Waals surface area contributed by atoms with Gasteiger partial charge in [-0.2, -0.15) is 0 Å². The van der Waals surface area contributed by atoms with Crippen molar-refractivity contribution in [3.8, 4) is 23.0 Å². The largest absolute Gasteiger partial charge is 0.493 e. The van der Waals surface area contributed by atoms with E-state index in [1.807, 2.05) is 24.3 Å². The minimum atomic E-state index is -0.666. The number of ether oxygens (including phenoxy) is 4. The lowest BCUT2D eigenvalue weighted by molar-refractivity contribution is 0.0897. The summed E-state index contributed by atoms with van der Waals surface area (Å²) in [6.45, 7) is 2.02. The van der Waals surface area contributed by atoms with Gasteiger partial charge in [-0.05, 0) is 63.4 Å². The summed E-state index contributed by atoms with van der Waals surface area (Å²) in [5.41, 5.74) is 1.95. The molecule has 1 aliphatic rings. The molecule has 4 rings (SSSR count). The molecule has 0 amide bonds. The number of rotatable bonds is 7. The molecule has 1 atom stereocenters. The molecule has 7 heteroatoms. The second-order valence-electron chi connectivity index (χ2n) is 7.73. The molecule has 31 heavy (non-hydrogen) atoms. The molecule has 0 radical (unpaired) electrons. The van der Waals surface area contributed by atoms with Crippen molar-refractivity contribution in [2.75, 3.05) is 48.1 Å². The fraction of sp³-hybridized carbons (Fsp3) is 0.417. The van der Waals surface area contributed by atoms with Gasteiger partial charge in [0.1, 0.15) is 0 Å². The van der Waals surface area contributed by atoms with Crippen molar-refractivity contribution in [1.29, 1.82) is 0 Å². The summed E-state index contributed by atoms with van der Waals surface area (Å²) in [6.07, 6.45) is -0.00373. The minimum Gasteiger partial charge on any atom is -0.493 e. The third-order valence-corrected chi connectivity index (χ3v) is 6.06. The van der Waals surface area contributed by atoms with Gasteiger partial charge in [0, 0.05) is 26.2 Å². The Kier molecular flexibility index (Phi) is 6.09. The molecule has 0 saturated heterocycles. The van der Waals surface area contributed by atoms with Crippen LogP contribution in [-0.2, 0) is 6.54 Å². The Morgan fingerprint density at radius 2 is 1.29 bits per heavy atom. The maximum absolute atomic E-state index is 11.2. The molecule has 7 nitrogen and oxygen atoms in total. The first kappa shape index (κ1) is 21.5. The fourth-order valence-corrected chi connectivity index (χ4v) is 4.62. The first-order valence-corrected chi connectivity index (χ1v) is 10.3. The van der Waals surface area contributed by atoms with Gasteiger partial charge >= 0.3 is 0 Å². The number of methoxy groups -OCH3 is 4. The summed E-state index contributed by atoms with van der Waals surface area (Å²) in [5, 5.41) is 24.3. The van der Waals surface area contributed by atoms with Crippen LogP contribution in [0.25, 0.3) is 21.5 Å². The average Bonchev–Trinajstić information content (AvgIpc) is 2.80. The van der Waals surface area contributed by atoms with Crippen molar-refractivity contribution < 1.29 is 29.2 Å². The molecule has 166 valence electrons. The topological polar surface area (TPSA) is 80.6 Å². The summed E-state index contributed by atoms with van der Waals surface area (Å²) in [4.78, 5) is 2.17. The van der Waals surface area contributed by atoms with Crippen molar-refractivity contribution in [1.82, 2.24) is 4.90 Å². The van der Waals surface area contributed by atoms with Gasteiger partial charge in [-0.3, -0.25) is 4.90 Å². The average molecular weight is 427 g/mol. The van der Waals surface area contributed by atoms with Crippen LogP contribution in [0, 0.1) is 0 Å². The van der Waals surface area contributed by atoms with Crippen molar-refractivity contribution in [2.45, 2.75) is 19.1 Å². The van der Waals surface area contributed by atoms with Gasteiger partial charge in [-0.25, -0.2) is 0 Å². The highest BCUT2D eigenvalue weighted by Gasteiger charge is 2.29. The zero-order chi connectivity index (χ0) is 22.1. The van der Waals surface area contributed by atoms with Gasteiger partial charge in [-0.1, -0.05) is 0 Å². The van der Waals surface area contributed by atoms with E-state index in [1.165, 1.54) is 0 Å². The van der Waals surface area contributed by atoms with E-state index in [0.717, 1.165) is 32.7 Å². The van der Waals surface area contributed by atoms with Crippen molar-refractivity contribution in [3.63, 3.8) is 0 Å². The molecule has 1 unspecified atom stereocenters. The first-order valence-electron chi connectivity index (χ1n) is 10.3. The Balaban J connectivity index is 2.08. The highest BCUT2D eigenvalue weighted by Crippen LogP contribution is 2.46. The van der Waals surface area contributed by atoms with E-state index in [9.17, 15) is 10.2 Å². The maximum Gasteiger partial charge on any atom is 0.161 e. The number of aliphatic hydroxyl groups is 2. The number of hydrogen-bond acceptors (Lipinski definition) is 7. The van der Waals surface area contributed by atoms with E-state index in [0.29, 0.717) is 49.1 Å². The molecule has 3 aromatic rings. The third kappa shape index (κ3) is 3.63. The van der Waals surface area contributed by atoms with Gasteiger partial charge in [0.25, 0.3) is 0 Å². The van der Waals surface area contributed by atoms with Crippen LogP contribution in [0.2, 0.25) is 0 Å². The standard InChI is InChI=1S/C24H29NO6/c1-28-20-8-14-15-9-21(29-2)23(31-4)11-17(15)24-18(16(14)10-22(20)30-3)12-25(6-5-7-26)13-19(24)27/h8-11,19,26-27H,5-7,12-13H2,1-4H3. The molecular weight excluding hydrogens is 398 g/mol. The predicted molar refractivity (Wildman–Crippen MR) is 120 cm³/mol. The Hall–Kier alpha value is -2.74. The van der Waals surface area contributed by atoms with Crippen molar-refractivity contribution in [3.05, 3.63) is 35.4 Å². The molecule has 0 bridgehead atoms. The summed E-state index contributed by atoms with van der Waals surface area (Å²) < 4.78 is 22.2. The van der Waals surface area contributed by atoms with Gasteiger partial charge in [0.2, 0.25) is 0 Å². The molecule has 0 fully saturated rings. The number of β-amino-alcohol motifs (C(OH)–C–C–N with tert-alkyl or cyclic N) is 1. The lowest BCUT2D eigenvalue weighted by atomic mass is 9.86. The van der Waals surface area contributed by atoms with E-state index in [4.69, 9.17) is 18.9 Å². The van der Waals surface area contributed by atoms with Crippen molar-refractivity contribution in [2.24, 2.45) is 0 Å². The molecule has 0 aromatic heterocycles. The van der Waals surface area contributed by atoms with Crippen LogP contribution in [0.3, 0.4) is 0 Å². The Labute approximate surface area is 181 Å². The Morgan fingerprint density at radius 3 is 1.81 bits per heavy atom. The number of aliphatic hydroxyl groups excluding tert-OH is 2. The number of benzene rings is 3. The fourth-order valence-electron chi connectivity index (χ4n) is 4.62. The van der Waals surface area contributed by atoms with Crippen LogP contribution in [0.1, 0.15) is 23.7 Å². The lowest BCUT2D eigenvalue weighted by Gasteiger charge is -2.34. The summed E-state index contributed by atoms with van der Waals surface area (Å²) >= 11 is 0. The zero-order valence-electron chi connectivity index (χ0n) is 18.4. The lowest BCUT2D eigenvalue weighted by Crippen LogP contribution is -2.35. The van der Waals surface area contributed by atoms with Gasteiger partial charge in [-0.15, -0.1) is 0 Å². The molecule has 1 aliphatic heterocycles. The molecule has 0 aliphatic carbocycles. The van der Waals surface area contributed by atoms with Crippen LogP contribution < -0.4 is 18.9 Å². The SMILES string of the molecule is COc1cc2c3c(c4cc(OC)c(OC)cc4c2cc1OC)C(O)CN(CCCO)C3. The molecule has 2 N–H and O–H groups in total. The first-order chi connectivity index (χ1) is 15.1. The van der Waals surface area contributed by atoms with E-state index in [2.05, 4.69) is 4.90 Å². The molecule has 0 saturated carbocycles. The van der Waals surface area contributed by atoms with Crippen LogP contribution in [0.4, 0.5) is 0 Å². The second-order valence-corrected chi connectivity index (χ2v) is 7.73. The Bertz CT molecular complexity index is 1110. The maximum atomic E-state index is 11.2. The van der Waals surface area contributed by atoms with Crippen LogP contribution in [0.15, 0.2) is 24.3 Å². The summed E-state index contributed by atoms with van der Waals surface area (Å²) in [6, 6.07) is 7.84. The van der Waals surface area contributed by atoms with Gasteiger partial charge < -0.3 is 29.2 Å². The van der Waals surface area contributed by atoms with E-state index in [-0.39, 0.29) is 6.61 Å². The summed E-state index contributed by atoms with van der Waals surface area (Å²) in [5.74, 6) is 2.52.